The van der Waals surface area contributed by atoms with Gasteiger partial charge in [0.2, 0.25) is 5.78 Å². The molecule has 4 aromatic heterocycles. The molecule has 0 aliphatic rings. The molecule has 0 aliphatic carbocycles. The summed E-state index contributed by atoms with van der Waals surface area (Å²) in [6.45, 7) is 5.48. The second kappa shape index (κ2) is 9.76. The van der Waals surface area contributed by atoms with Gasteiger partial charge in [0.05, 0.1) is 34.9 Å². The van der Waals surface area contributed by atoms with E-state index in [0.717, 1.165) is 9.44 Å². The van der Waals surface area contributed by atoms with E-state index in [9.17, 15) is 19.5 Å². The van der Waals surface area contributed by atoms with Crippen LogP contribution in [0, 0.1) is 5.41 Å². The quantitative estimate of drug-likeness (QED) is 0.330. The first-order chi connectivity index (χ1) is 16.5. The molecule has 4 rings (SSSR count). The topological polar surface area (TPSA) is 119 Å². The number of thiazole rings is 1. The number of nitrogens with zero attached hydrogens (tertiary/aromatic N) is 4. The fourth-order valence-electron chi connectivity index (χ4n) is 3.21. The van der Waals surface area contributed by atoms with E-state index >= 15 is 0 Å². The van der Waals surface area contributed by atoms with Crippen LogP contribution in [0.4, 0.5) is 5.82 Å². The Kier molecular flexibility index (Phi) is 6.93. The number of aromatic hydroxyl groups is 1. The van der Waals surface area contributed by atoms with E-state index in [-0.39, 0.29) is 40.2 Å². The largest absolute Gasteiger partial charge is 0.506 e. The first-order valence-corrected chi connectivity index (χ1v) is 12.6. The molecule has 4 aromatic rings. The molecular formula is C23H22ClN5O4S2. The number of halogens is 1. The minimum absolute atomic E-state index is 0.149. The predicted molar refractivity (Wildman–Crippen MR) is 137 cm³/mol. The van der Waals surface area contributed by atoms with Gasteiger partial charge in [0.15, 0.2) is 5.01 Å². The van der Waals surface area contributed by atoms with Crippen LogP contribution in [0.1, 0.15) is 40.2 Å². The summed E-state index contributed by atoms with van der Waals surface area (Å²) >= 11 is 8.60. The highest BCUT2D eigenvalue weighted by atomic mass is 35.5. The lowest BCUT2D eigenvalue weighted by Crippen LogP contribution is -2.28. The van der Waals surface area contributed by atoms with Gasteiger partial charge in [0, 0.05) is 34.0 Å². The fourth-order valence-corrected chi connectivity index (χ4v) is 4.80. The third kappa shape index (κ3) is 5.53. The molecule has 35 heavy (non-hydrogen) atoms. The Morgan fingerprint density at radius 2 is 2.00 bits per heavy atom. The standard InChI is InChI=1S/C23H22ClN5O4S2/c1-23(2,3)22(33)29-19(26-10-13-4-5-18(24)35-13)9-15(27-29)14-8-20(32)28(11-16(14)30)12-17(31)21-25-6-7-34-21/h4-9,11,26,30H,10,12H2,1-3H3. The van der Waals surface area contributed by atoms with Crippen LogP contribution in [0.3, 0.4) is 0 Å². The van der Waals surface area contributed by atoms with Crippen LogP contribution in [0.25, 0.3) is 11.3 Å². The lowest BCUT2D eigenvalue weighted by molar-refractivity contribution is 0.0752. The maximum Gasteiger partial charge on any atom is 0.254 e. The van der Waals surface area contributed by atoms with Crippen LogP contribution >= 0.6 is 34.3 Å². The van der Waals surface area contributed by atoms with Crippen LogP contribution in [0.15, 0.2) is 46.8 Å². The summed E-state index contributed by atoms with van der Waals surface area (Å²) in [6, 6.07) is 6.46. The monoisotopic (exact) mass is 531 g/mol. The molecular weight excluding hydrogens is 510 g/mol. The van der Waals surface area contributed by atoms with Crippen LogP contribution in [-0.4, -0.2) is 36.1 Å². The summed E-state index contributed by atoms with van der Waals surface area (Å²) in [5.74, 6) is -0.445. The number of ketones is 1. The average Bonchev–Trinajstić information content (AvgIpc) is 3.54. The lowest BCUT2D eigenvalue weighted by Gasteiger charge is -2.18. The molecule has 0 bridgehead atoms. The van der Waals surface area contributed by atoms with Crippen LogP contribution in [0.5, 0.6) is 5.75 Å². The SMILES string of the molecule is CC(C)(C)C(=O)n1nc(-c2cc(=O)n(CC(=O)c3nccs3)cc2O)cc1NCc1ccc(Cl)s1. The number of nitrogens with one attached hydrogen (secondary N) is 1. The molecule has 4 heterocycles. The maximum absolute atomic E-state index is 13.1. The van der Waals surface area contributed by atoms with Gasteiger partial charge in [-0.1, -0.05) is 32.4 Å². The summed E-state index contributed by atoms with van der Waals surface area (Å²) in [5, 5.41) is 20.2. The second-order valence-corrected chi connectivity index (χ2v) is 11.4. The smallest absolute Gasteiger partial charge is 0.254 e. The molecule has 0 saturated heterocycles. The van der Waals surface area contributed by atoms with Gasteiger partial charge in [-0.2, -0.15) is 9.78 Å². The Bertz CT molecular complexity index is 1450. The van der Waals surface area contributed by atoms with Gasteiger partial charge in [-0.3, -0.25) is 14.4 Å². The molecule has 0 amide bonds. The fraction of sp³-hybridized carbons (Fsp3) is 0.261. The number of carbonyl (C=O) groups excluding carboxylic acids is 2. The zero-order chi connectivity index (χ0) is 25.3. The number of Topliss-reactive ketones (excluding diaryl/α,β-unsaturated/α-hetero) is 1. The van der Waals surface area contributed by atoms with E-state index in [0.29, 0.717) is 16.7 Å². The van der Waals surface area contributed by atoms with Crippen molar-refractivity contribution in [3.8, 4) is 17.0 Å². The number of hydrogen-bond donors (Lipinski definition) is 2. The van der Waals surface area contributed by atoms with Gasteiger partial charge in [-0.25, -0.2) is 4.98 Å². The number of rotatable bonds is 7. The highest BCUT2D eigenvalue weighted by Crippen LogP contribution is 2.31. The molecule has 0 atom stereocenters. The Balaban J connectivity index is 1.67. The van der Waals surface area contributed by atoms with Gasteiger partial charge in [0.1, 0.15) is 11.6 Å². The Hall–Kier alpha value is -3.28. The molecule has 9 nitrogen and oxygen atoms in total. The zero-order valence-corrected chi connectivity index (χ0v) is 21.5. The van der Waals surface area contributed by atoms with Gasteiger partial charge >= 0.3 is 0 Å². The van der Waals surface area contributed by atoms with Crippen molar-refractivity contribution in [3.63, 3.8) is 0 Å². The Labute approximate surface area is 213 Å². The van der Waals surface area contributed by atoms with E-state index in [1.54, 1.807) is 38.3 Å². The minimum Gasteiger partial charge on any atom is -0.506 e. The van der Waals surface area contributed by atoms with Gasteiger partial charge in [-0.05, 0) is 12.1 Å². The minimum atomic E-state index is -0.729. The average molecular weight is 532 g/mol. The van der Waals surface area contributed by atoms with Crippen LogP contribution in [-0.2, 0) is 13.1 Å². The van der Waals surface area contributed by atoms with Crippen LogP contribution in [0.2, 0.25) is 4.34 Å². The molecule has 0 unspecified atom stereocenters. The first kappa shape index (κ1) is 24.8. The highest BCUT2D eigenvalue weighted by molar-refractivity contribution is 7.16. The maximum atomic E-state index is 13.1. The third-order valence-corrected chi connectivity index (χ3v) is 7.03. The molecule has 0 spiro atoms. The number of carbonyl (C=O) groups is 2. The highest BCUT2D eigenvalue weighted by Gasteiger charge is 2.27. The first-order valence-electron chi connectivity index (χ1n) is 10.5. The normalized spacial score (nSPS) is 11.5. The van der Waals surface area contributed by atoms with Crippen molar-refractivity contribution in [3.05, 3.63) is 66.6 Å². The predicted octanol–water partition coefficient (Wildman–Crippen LogP) is 4.77. The summed E-state index contributed by atoms with van der Waals surface area (Å²) in [4.78, 5) is 43.0. The third-order valence-electron chi connectivity index (χ3n) is 4.98. The van der Waals surface area contributed by atoms with Gasteiger partial charge < -0.3 is 15.0 Å². The molecule has 2 N–H and O–H groups in total. The van der Waals surface area contributed by atoms with E-state index in [1.807, 2.05) is 6.07 Å². The van der Waals surface area contributed by atoms with Crippen molar-refractivity contribution < 1.29 is 14.7 Å². The second-order valence-electron chi connectivity index (χ2n) is 8.74. The Morgan fingerprint density at radius 1 is 1.23 bits per heavy atom. The van der Waals surface area contributed by atoms with Gasteiger partial charge in [0.25, 0.3) is 11.5 Å². The number of thiophene rings is 1. The van der Waals surface area contributed by atoms with E-state index < -0.39 is 11.0 Å². The number of aromatic nitrogens is 4. The number of anilines is 1. The zero-order valence-electron chi connectivity index (χ0n) is 19.1. The summed E-state index contributed by atoms with van der Waals surface area (Å²) in [7, 11) is 0. The van der Waals surface area contributed by atoms with Crippen LogP contribution < -0.4 is 10.9 Å². The summed E-state index contributed by atoms with van der Waals surface area (Å²) < 4.78 is 3.00. The van der Waals surface area contributed by atoms with Crippen molar-refractivity contribution in [2.75, 3.05) is 5.32 Å². The summed E-state index contributed by atoms with van der Waals surface area (Å²) in [6.07, 6.45) is 2.70. The summed E-state index contributed by atoms with van der Waals surface area (Å²) in [5.41, 5.74) is -0.840. The van der Waals surface area contributed by atoms with Crippen molar-refractivity contribution in [2.24, 2.45) is 5.41 Å². The number of pyridine rings is 1. The van der Waals surface area contributed by atoms with E-state index in [1.165, 1.54) is 45.8 Å². The lowest BCUT2D eigenvalue weighted by atomic mass is 9.96. The molecule has 0 aromatic carbocycles. The molecule has 0 fully saturated rings. The van der Waals surface area contributed by atoms with E-state index in [2.05, 4.69) is 15.4 Å². The van der Waals surface area contributed by atoms with Crippen molar-refractivity contribution in [1.82, 2.24) is 19.3 Å². The molecule has 0 aliphatic heterocycles. The van der Waals surface area contributed by atoms with E-state index in [4.69, 9.17) is 11.6 Å². The van der Waals surface area contributed by atoms with Gasteiger partial charge in [-0.15, -0.1) is 22.7 Å². The molecule has 182 valence electrons. The Morgan fingerprint density at radius 3 is 2.63 bits per heavy atom. The molecule has 12 heteroatoms. The van der Waals surface area contributed by atoms with Crippen molar-refractivity contribution in [2.45, 2.75) is 33.9 Å². The van der Waals surface area contributed by atoms with Crippen molar-refractivity contribution >= 4 is 51.8 Å². The molecule has 0 radical (unpaired) electrons. The molecule has 0 saturated carbocycles. The number of hydrogen-bond acceptors (Lipinski definition) is 9. The van der Waals surface area contributed by atoms with Crippen molar-refractivity contribution in [1.29, 1.82) is 0 Å².